The number of hydrogen-bond acceptors (Lipinski definition) is 3. The lowest BCUT2D eigenvalue weighted by Gasteiger charge is -2.19. The maximum absolute atomic E-state index is 12.5. The summed E-state index contributed by atoms with van der Waals surface area (Å²) in [4.78, 5) is 16.2. The van der Waals surface area contributed by atoms with E-state index in [1.165, 1.54) is 0 Å². The van der Waals surface area contributed by atoms with Crippen LogP contribution in [0.1, 0.15) is 17.0 Å². The van der Waals surface area contributed by atoms with Crippen molar-refractivity contribution in [3.8, 4) is 0 Å². The minimum Gasteiger partial charge on any atom is -0.312 e. The van der Waals surface area contributed by atoms with Gasteiger partial charge < -0.3 is 10.3 Å². The van der Waals surface area contributed by atoms with E-state index in [1.807, 2.05) is 0 Å². The van der Waals surface area contributed by atoms with E-state index in [9.17, 15) is 18.0 Å². The number of hydrogen-bond donors (Lipinski definition) is 2. The number of rotatable bonds is 0. The molecule has 90 valence electrons. The van der Waals surface area contributed by atoms with E-state index in [0.29, 0.717) is 18.7 Å². The molecule has 16 heavy (non-hydrogen) atoms. The number of nitrogens with zero attached hydrogens (tertiary/aromatic N) is 1. The van der Waals surface area contributed by atoms with Crippen LogP contribution in [0.25, 0.3) is 0 Å². The monoisotopic (exact) mass is 255 g/mol. The molecular weight excluding hydrogens is 247 g/mol. The predicted octanol–water partition coefficient (Wildman–Crippen LogP) is 0.856. The molecule has 1 aromatic rings. The van der Waals surface area contributed by atoms with Gasteiger partial charge in [-0.05, 0) is 0 Å². The molecule has 1 aromatic heterocycles. The highest BCUT2D eigenvalue weighted by Crippen LogP contribution is 2.31. The average Bonchev–Trinajstić information content (AvgIpc) is 2.15. The molecule has 0 radical (unpaired) electrons. The highest BCUT2D eigenvalue weighted by Gasteiger charge is 2.37. The second kappa shape index (κ2) is 4.42. The van der Waals surface area contributed by atoms with Crippen molar-refractivity contribution < 1.29 is 13.2 Å². The molecule has 0 amide bonds. The second-order valence-corrected chi connectivity index (χ2v) is 3.27. The van der Waals surface area contributed by atoms with Crippen molar-refractivity contribution in [2.24, 2.45) is 0 Å². The minimum atomic E-state index is -4.57. The first-order valence-electron chi connectivity index (χ1n) is 4.38. The number of aromatic nitrogens is 2. The molecule has 2 rings (SSSR count). The minimum absolute atomic E-state index is 0. The number of aromatic amines is 1. The lowest BCUT2D eigenvalue weighted by atomic mass is 10.1. The van der Waals surface area contributed by atoms with E-state index >= 15 is 0 Å². The maximum atomic E-state index is 12.5. The first-order valence-corrected chi connectivity index (χ1v) is 4.38. The van der Waals surface area contributed by atoms with Crippen molar-refractivity contribution in [3.63, 3.8) is 0 Å². The molecule has 1 aliphatic rings. The summed E-state index contributed by atoms with van der Waals surface area (Å²) in [6, 6.07) is 0. The summed E-state index contributed by atoms with van der Waals surface area (Å²) in [6.45, 7) is 0.651. The van der Waals surface area contributed by atoms with Gasteiger partial charge in [0.05, 0.1) is 0 Å². The zero-order valence-corrected chi connectivity index (χ0v) is 8.84. The Hall–Kier alpha value is -1.08. The molecule has 0 atom stereocenters. The van der Waals surface area contributed by atoms with Crippen molar-refractivity contribution in [1.82, 2.24) is 15.3 Å². The molecule has 1 aliphatic heterocycles. The molecule has 2 N–H and O–H groups in total. The van der Waals surface area contributed by atoms with Crippen LogP contribution in [0.4, 0.5) is 13.2 Å². The van der Waals surface area contributed by atoms with Gasteiger partial charge in [0.1, 0.15) is 0 Å². The number of alkyl halides is 3. The number of nitrogens with one attached hydrogen (secondary N) is 2. The van der Waals surface area contributed by atoms with Gasteiger partial charge in [0.2, 0.25) is 0 Å². The van der Waals surface area contributed by atoms with Crippen LogP contribution in [0.5, 0.6) is 0 Å². The number of halogens is 4. The van der Waals surface area contributed by atoms with Crippen LogP contribution in [0.2, 0.25) is 0 Å². The fraction of sp³-hybridized carbons (Fsp3) is 0.500. The first kappa shape index (κ1) is 13.0. The SMILES string of the molecule is Cl.O=c1nc(C(F)(F)F)c2c([nH]1)CCNC2. The Balaban J connectivity index is 0.00000128. The van der Waals surface area contributed by atoms with Crippen LogP contribution in [-0.2, 0) is 19.1 Å². The van der Waals surface area contributed by atoms with Gasteiger partial charge in [0, 0.05) is 30.8 Å². The average molecular weight is 256 g/mol. The molecule has 0 unspecified atom stereocenters. The summed E-state index contributed by atoms with van der Waals surface area (Å²) in [7, 11) is 0. The third-order valence-corrected chi connectivity index (χ3v) is 2.24. The molecule has 2 heterocycles. The van der Waals surface area contributed by atoms with Gasteiger partial charge in [-0.15, -0.1) is 12.4 Å². The third-order valence-electron chi connectivity index (χ3n) is 2.24. The van der Waals surface area contributed by atoms with E-state index in [4.69, 9.17) is 0 Å². The largest absolute Gasteiger partial charge is 0.433 e. The Kier molecular flexibility index (Phi) is 3.59. The van der Waals surface area contributed by atoms with Gasteiger partial charge in [-0.2, -0.15) is 18.2 Å². The lowest BCUT2D eigenvalue weighted by Crippen LogP contribution is -2.32. The summed E-state index contributed by atoms with van der Waals surface area (Å²) in [5, 5.41) is 2.81. The van der Waals surface area contributed by atoms with Crippen LogP contribution in [-0.4, -0.2) is 16.5 Å². The van der Waals surface area contributed by atoms with Gasteiger partial charge in [-0.25, -0.2) is 4.79 Å². The fourth-order valence-electron chi connectivity index (χ4n) is 1.61. The second-order valence-electron chi connectivity index (χ2n) is 3.27. The smallest absolute Gasteiger partial charge is 0.312 e. The van der Waals surface area contributed by atoms with Crippen LogP contribution in [0, 0.1) is 0 Å². The Morgan fingerprint density at radius 3 is 2.62 bits per heavy atom. The number of fused-ring (bicyclic) bond motifs is 1. The highest BCUT2D eigenvalue weighted by molar-refractivity contribution is 5.85. The number of H-pyrrole nitrogens is 1. The maximum Gasteiger partial charge on any atom is 0.433 e. The first-order chi connectivity index (χ1) is 6.98. The van der Waals surface area contributed by atoms with Gasteiger partial charge in [0.25, 0.3) is 0 Å². The van der Waals surface area contributed by atoms with Gasteiger partial charge >= 0.3 is 11.9 Å². The van der Waals surface area contributed by atoms with Gasteiger partial charge in [-0.1, -0.05) is 0 Å². The standard InChI is InChI=1S/C8H8F3N3O.ClH/c9-8(10,11)6-4-3-12-2-1-5(4)13-7(15)14-6;/h12H,1-3H2,(H,13,14,15);1H. The summed E-state index contributed by atoms with van der Waals surface area (Å²) >= 11 is 0. The lowest BCUT2D eigenvalue weighted by molar-refractivity contribution is -0.142. The van der Waals surface area contributed by atoms with E-state index < -0.39 is 17.6 Å². The quantitative estimate of drug-likeness (QED) is 0.723. The van der Waals surface area contributed by atoms with E-state index in [0.717, 1.165) is 0 Å². The van der Waals surface area contributed by atoms with Crippen molar-refractivity contribution in [2.45, 2.75) is 19.1 Å². The highest BCUT2D eigenvalue weighted by atomic mass is 35.5. The third kappa shape index (κ3) is 2.35. The summed E-state index contributed by atoms with van der Waals surface area (Å²) in [6.07, 6.45) is -4.19. The fourth-order valence-corrected chi connectivity index (χ4v) is 1.61. The molecule has 0 aliphatic carbocycles. The van der Waals surface area contributed by atoms with Crippen molar-refractivity contribution in [1.29, 1.82) is 0 Å². The molecule has 0 saturated carbocycles. The van der Waals surface area contributed by atoms with Crippen molar-refractivity contribution >= 4 is 12.4 Å². The molecule has 0 fully saturated rings. The zero-order chi connectivity index (χ0) is 11.1. The van der Waals surface area contributed by atoms with E-state index in [-0.39, 0.29) is 24.5 Å². The molecule has 0 aromatic carbocycles. The van der Waals surface area contributed by atoms with Crippen LogP contribution in [0.15, 0.2) is 4.79 Å². The summed E-state index contributed by atoms with van der Waals surface area (Å²) < 4.78 is 37.5. The van der Waals surface area contributed by atoms with E-state index in [1.54, 1.807) is 0 Å². The Bertz CT molecular complexity index is 443. The molecular formula is C8H9ClF3N3O. The van der Waals surface area contributed by atoms with Crippen molar-refractivity contribution in [2.75, 3.05) is 6.54 Å². The normalized spacial score (nSPS) is 15.2. The van der Waals surface area contributed by atoms with Crippen molar-refractivity contribution in [3.05, 3.63) is 27.4 Å². The molecule has 0 bridgehead atoms. The van der Waals surface area contributed by atoms with Gasteiger partial charge in [0.15, 0.2) is 5.69 Å². The van der Waals surface area contributed by atoms with Crippen LogP contribution < -0.4 is 11.0 Å². The Morgan fingerprint density at radius 2 is 2.00 bits per heavy atom. The van der Waals surface area contributed by atoms with Crippen LogP contribution in [0.3, 0.4) is 0 Å². The predicted molar refractivity (Wildman–Crippen MR) is 52.5 cm³/mol. The molecule has 0 spiro atoms. The Morgan fingerprint density at radius 1 is 1.31 bits per heavy atom. The zero-order valence-electron chi connectivity index (χ0n) is 8.02. The van der Waals surface area contributed by atoms with E-state index in [2.05, 4.69) is 15.3 Å². The molecule has 0 saturated heterocycles. The molecule has 4 nitrogen and oxygen atoms in total. The van der Waals surface area contributed by atoms with Crippen LogP contribution >= 0.6 is 12.4 Å². The topological polar surface area (TPSA) is 57.8 Å². The Labute approximate surface area is 94.7 Å². The molecule has 8 heteroatoms. The summed E-state index contributed by atoms with van der Waals surface area (Å²) in [5.74, 6) is 0. The van der Waals surface area contributed by atoms with Gasteiger partial charge in [-0.3, -0.25) is 0 Å². The summed E-state index contributed by atoms with van der Waals surface area (Å²) in [5.41, 5.74) is -1.63.